The second-order valence-electron chi connectivity index (χ2n) is 14.2. The largest absolute Gasteiger partial charge is 0.458 e. The molecule has 7 atom stereocenters. The summed E-state index contributed by atoms with van der Waals surface area (Å²) in [6.45, 7) is 10.3. The normalized spacial score (nSPS) is 39.7. The minimum absolute atomic E-state index is 0.0108. The van der Waals surface area contributed by atoms with Crippen LogP contribution in [0.15, 0.2) is 22.9 Å². The van der Waals surface area contributed by atoms with Crippen LogP contribution in [0, 0.1) is 22.7 Å². The molecule has 3 saturated heterocycles. The molecule has 7 unspecified atom stereocenters. The number of carbonyl (C=O) groups is 4. The maximum atomic E-state index is 14.3. The molecule has 3 aliphatic carbocycles. The Hall–Kier alpha value is -2.60. The standard InChI is InChI=1S/C33H47N3O8/c1-19(37)43-23-16-32(2)22(6-7-24(32)38)26-28(23)33(3)25(18-42-5)44-31(41)21(27(33)30(40)29(26)39)17-35-12-14-36(15-13-35)20-8-10-34(4)11-9-20/h17,20,22-25,27,38H,6-16,18H2,1-5H3. The number of likely N-dealkylation sites (tertiary alicyclic amines) is 1. The van der Waals surface area contributed by atoms with Crippen LogP contribution in [0.25, 0.3) is 0 Å². The molecule has 0 aromatic heterocycles. The van der Waals surface area contributed by atoms with Crippen LogP contribution in [0.3, 0.4) is 0 Å². The van der Waals surface area contributed by atoms with Crippen molar-refractivity contribution in [1.82, 2.24) is 14.7 Å². The van der Waals surface area contributed by atoms with Gasteiger partial charge in [-0.2, -0.15) is 0 Å². The molecule has 1 N–H and O–H groups in total. The fraction of sp³-hybridized carbons (Fsp3) is 0.758. The highest BCUT2D eigenvalue weighted by molar-refractivity contribution is 6.47. The van der Waals surface area contributed by atoms with Crippen molar-refractivity contribution in [3.63, 3.8) is 0 Å². The smallest absolute Gasteiger partial charge is 0.336 e. The average molecular weight is 614 g/mol. The number of ether oxygens (including phenoxy) is 3. The van der Waals surface area contributed by atoms with Crippen molar-refractivity contribution < 1.29 is 38.5 Å². The van der Waals surface area contributed by atoms with E-state index in [2.05, 4.69) is 21.7 Å². The number of methoxy groups -OCH3 is 1. The summed E-state index contributed by atoms with van der Waals surface area (Å²) in [5.41, 5.74) is -0.867. The van der Waals surface area contributed by atoms with Gasteiger partial charge in [0.05, 0.1) is 24.2 Å². The molecule has 11 nitrogen and oxygen atoms in total. The third-order valence-corrected chi connectivity index (χ3v) is 11.7. The first-order valence-corrected chi connectivity index (χ1v) is 16.2. The van der Waals surface area contributed by atoms with Crippen LogP contribution in [0.1, 0.15) is 52.9 Å². The average Bonchev–Trinajstić information content (AvgIpc) is 3.27. The first-order chi connectivity index (χ1) is 20.9. The molecule has 0 aromatic carbocycles. The second-order valence-corrected chi connectivity index (χ2v) is 14.2. The Labute approximate surface area is 259 Å². The Morgan fingerprint density at radius 1 is 1.05 bits per heavy atom. The molecular formula is C33H47N3O8. The molecule has 0 amide bonds. The van der Waals surface area contributed by atoms with Crippen molar-refractivity contribution >= 4 is 23.5 Å². The molecule has 3 heterocycles. The molecule has 4 fully saturated rings. The van der Waals surface area contributed by atoms with Crippen molar-refractivity contribution in [3.05, 3.63) is 22.9 Å². The highest BCUT2D eigenvalue weighted by atomic mass is 16.6. The Morgan fingerprint density at radius 2 is 1.73 bits per heavy atom. The fourth-order valence-electron chi connectivity index (χ4n) is 9.28. The molecular weight excluding hydrogens is 566 g/mol. The summed E-state index contributed by atoms with van der Waals surface area (Å²) in [4.78, 5) is 61.5. The van der Waals surface area contributed by atoms with Crippen LogP contribution in [0.2, 0.25) is 0 Å². The van der Waals surface area contributed by atoms with E-state index in [0.29, 0.717) is 49.5 Å². The Bertz CT molecular complexity index is 1280. The van der Waals surface area contributed by atoms with Gasteiger partial charge in [0.25, 0.3) is 0 Å². The van der Waals surface area contributed by atoms with E-state index < -0.39 is 58.6 Å². The summed E-state index contributed by atoms with van der Waals surface area (Å²) in [5.74, 6) is -3.90. The molecule has 6 aliphatic rings. The quantitative estimate of drug-likeness (QED) is 0.274. The van der Waals surface area contributed by atoms with Gasteiger partial charge in [-0.05, 0) is 63.7 Å². The number of aliphatic hydroxyl groups excluding tert-OH is 1. The van der Waals surface area contributed by atoms with E-state index in [1.54, 1.807) is 6.20 Å². The van der Waals surface area contributed by atoms with Gasteiger partial charge < -0.3 is 29.1 Å². The maximum absolute atomic E-state index is 14.3. The number of hydrogen-bond donors (Lipinski definition) is 1. The van der Waals surface area contributed by atoms with Gasteiger partial charge in [-0.1, -0.05) is 13.8 Å². The lowest BCUT2D eigenvalue weighted by Gasteiger charge is -2.56. The van der Waals surface area contributed by atoms with E-state index in [-0.39, 0.29) is 18.1 Å². The molecule has 0 bridgehead atoms. The molecule has 242 valence electrons. The van der Waals surface area contributed by atoms with Gasteiger partial charge in [0.1, 0.15) is 12.2 Å². The number of aliphatic hydroxyl groups is 1. The number of piperazine rings is 1. The lowest BCUT2D eigenvalue weighted by atomic mass is 9.50. The molecule has 0 spiro atoms. The number of ketones is 2. The number of esters is 2. The molecule has 11 heteroatoms. The Morgan fingerprint density at radius 3 is 2.36 bits per heavy atom. The predicted molar refractivity (Wildman–Crippen MR) is 159 cm³/mol. The predicted octanol–water partition coefficient (Wildman–Crippen LogP) is 1.34. The van der Waals surface area contributed by atoms with Crippen molar-refractivity contribution in [2.75, 3.05) is 60.0 Å². The number of Topliss-reactive ketones (excluding diaryl/α,β-unsaturated/α-hetero) is 2. The van der Waals surface area contributed by atoms with Gasteiger partial charge in [-0.25, -0.2) is 4.79 Å². The number of hydrogen-bond acceptors (Lipinski definition) is 11. The van der Waals surface area contributed by atoms with Gasteiger partial charge in [0, 0.05) is 68.9 Å². The van der Waals surface area contributed by atoms with Crippen molar-refractivity contribution in [3.8, 4) is 0 Å². The first kappa shape index (κ1) is 31.4. The van der Waals surface area contributed by atoms with E-state index in [0.717, 1.165) is 39.0 Å². The zero-order chi connectivity index (χ0) is 31.6. The summed E-state index contributed by atoms with van der Waals surface area (Å²) in [6, 6.07) is 0.547. The number of rotatable bonds is 5. The van der Waals surface area contributed by atoms with E-state index >= 15 is 0 Å². The van der Waals surface area contributed by atoms with E-state index in [4.69, 9.17) is 14.2 Å². The molecule has 1 saturated carbocycles. The zero-order valence-electron chi connectivity index (χ0n) is 26.7. The van der Waals surface area contributed by atoms with E-state index in [1.165, 1.54) is 14.0 Å². The monoisotopic (exact) mass is 613 g/mol. The zero-order valence-corrected chi connectivity index (χ0v) is 26.7. The maximum Gasteiger partial charge on any atom is 0.336 e. The van der Waals surface area contributed by atoms with E-state index in [1.807, 2.05) is 13.8 Å². The third-order valence-electron chi connectivity index (χ3n) is 11.7. The highest BCUT2D eigenvalue weighted by Gasteiger charge is 2.67. The summed E-state index contributed by atoms with van der Waals surface area (Å²) in [6.07, 6.45) is 2.93. The number of fused-ring (bicyclic) bond motifs is 4. The SMILES string of the molecule is COCC1OC(=O)C(=CN2CCN(C3CCN(C)CC3)CC2)C2C(=O)C(=O)C3=C(C(OC(C)=O)CC4(C)C(O)CCC34)C12C. The number of carbonyl (C=O) groups excluding carboxylic acids is 4. The minimum Gasteiger partial charge on any atom is -0.458 e. The van der Waals surface area contributed by atoms with Gasteiger partial charge in [0.2, 0.25) is 11.6 Å². The summed E-state index contributed by atoms with van der Waals surface area (Å²) < 4.78 is 17.5. The van der Waals surface area contributed by atoms with Crippen LogP contribution >= 0.6 is 0 Å². The fourth-order valence-corrected chi connectivity index (χ4v) is 9.28. The van der Waals surface area contributed by atoms with Crippen molar-refractivity contribution in [2.45, 2.75) is 77.2 Å². The van der Waals surface area contributed by atoms with Gasteiger partial charge in [0.15, 0.2) is 0 Å². The number of allylic oxidation sites excluding steroid dienone is 1. The van der Waals surface area contributed by atoms with Crippen LogP contribution in [0.5, 0.6) is 0 Å². The van der Waals surface area contributed by atoms with Crippen LogP contribution in [0.4, 0.5) is 0 Å². The van der Waals surface area contributed by atoms with Gasteiger partial charge in [-0.15, -0.1) is 0 Å². The topological polar surface area (TPSA) is 126 Å². The minimum atomic E-state index is -1.18. The van der Waals surface area contributed by atoms with Crippen LogP contribution in [-0.2, 0) is 33.4 Å². The number of piperidine rings is 1. The van der Waals surface area contributed by atoms with Crippen LogP contribution in [-0.4, -0.2) is 128 Å². The van der Waals surface area contributed by atoms with Gasteiger partial charge in [-0.3, -0.25) is 19.3 Å². The van der Waals surface area contributed by atoms with Crippen molar-refractivity contribution in [1.29, 1.82) is 0 Å². The van der Waals surface area contributed by atoms with Gasteiger partial charge >= 0.3 is 11.9 Å². The second kappa shape index (κ2) is 11.6. The Balaban J connectivity index is 1.38. The van der Waals surface area contributed by atoms with Crippen LogP contribution < -0.4 is 0 Å². The third kappa shape index (κ3) is 4.94. The molecule has 0 aromatic rings. The summed E-state index contributed by atoms with van der Waals surface area (Å²) >= 11 is 0. The summed E-state index contributed by atoms with van der Waals surface area (Å²) in [7, 11) is 3.66. The highest BCUT2D eigenvalue weighted by Crippen LogP contribution is 2.63. The first-order valence-electron chi connectivity index (χ1n) is 16.2. The number of nitrogens with zero attached hydrogens (tertiary/aromatic N) is 3. The number of cyclic esters (lactones) is 1. The van der Waals surface area contributed by atoms with E-state index in [9.17, 15) is 24.3 Å². The lowest BCUT2D eigenvalue weighted by molar-refractivity contribution is -0.175. The lowest BCUT2D eigenvalue weighted by Crippen LogP contribution is -2.63. The Kier molecular flexibility index (Phi) is 8.30. The molecule has 0 radical (unpaired) electrons. The van der Waals surface area contributed by atoms with Crippen molar-refractivity contribution in [2.24, 2.45) is 22.7 Å². The molecule has 44 heavy (non-hydrogen) atoms. The molecule has 6 rings (SSSR count). The molecule has 3 aliphatic heterocycles. The summed E-state index contributed by atoms with van der Waals surface area (Å²) in [5, 5.41) is 11.0.